The molecule has 1 aliphatic rings. The third kappa shape index (κ3) is 6.14. The van der Waals surface area contributed by atoms with E-state index in [0.717, 1.165) is 18.4 Å². The zero-order valence-electron chi connectivity index (χ0n) is 15.2. The molecule has 0 atom stereocenters. The molecule has 3 N–H and O–H groups in total. The minimum absolute atomic E-state index is 0. The molecule has 1 aromatic rings. The fourth-order valence-corrected chi connectivity index (χ4v) is 2.98. The number of rotatable bonds is 4. The monoisotopic (exact) mass is 460 g/mol. The van der Waals surface area contributed by atoms with Crippen molar-refractivity contribution < 1.29 is 9.90 Å². The standard InChI is InChI=1S/C18H28N4O2.HI/c1-19-17(20-13-16(23)22(2)3)21-15-9-11-18(24,12-10-15)14-7-5-4-6-8-14;/h4-8,15,24H,9-13H2,1-3H3,(H2,19,20,21);1H. The van der Waals surface area contributed by atoms with Crippen molar-refractivity contribution in [1.29, 1.82) is 0 Å². The summed E-state index contributed by atoms with van der Waals surface area (Å²) in [4.78, 5) is 17.4. The summed E-state index contributed by atoms with van der Waals surface area (Å²) < 4.78 is 0. The van der Waals surface area contributed by atoms with Crippen LogP contribution in [0.4, 0.5) is 0 Å². The van der Waals surface area contributed by atoms with Crippen LogP contribution in [0.3, 0.4) is 0 Å². The first kappa shape index (κ1) is 21.7. The second kappa shape index (κ2) is 9.96. The van der Waals surface area contributed by atoms with E-state index in [2.05, 4.69) is 15.6 Å². The van der Waals surface area contributed by atoms with Gasteiger partial charge in [-0.05, 0) is 31.2 Å². The van der Waals surface area contributed by atoms with Gasteiger partial charge in [-0.1, -0.05) is 30.3 Å². The van der Waals surface area contributed by atoms with Gasteiger partial charge in [0.2, 0.25) is 5.91 Å². The lowest BCUT2D eigenvalue weighted by Gasteiger charge is -2.37. The predicted molar refractivity (Wildman–Crippen MR) is 111 cm³/mol. The van der Waals surface area contributed by atoms with E-state index in [1.165, 1.54) is 0 Å². The Labute approximate surface area is 167 Å². The maximum Gasteiger partial charge on any atom is 0.241 e. The number of hydrogen-bond donors (Lipinski definition) is 3. The zero-order valence-corrected chi connectivity index (χ0v) is 17.5. The third-order valence-corrected chi connectivity index (χ3v) is 4.59. The number of benzene rings is 1. The van der Waals surface area contributed by atoms with Crippen molar-refractivity contribution in [1.82, 2.24) is 15.5 Å². The highest BCUT2D eigenvalue weighted by Gasteiger charge is 2.34. The van der Waals surface area contributed by atoms with E-state index in [9.17, 15) is 9.90 Å². The van der Waals surface area contributed by atoms with E-state index in [4.69, 9.17) is 0 Å². The van der Waals surface area contributed by atoms with E-state index in [1.54, 1.807) is 26.0 Å². The van der Waals surface area contributed by atoms with Crippen molar-refractivity contribution in [2.45, 2.75) is 37.3 Å². The first-order valence-electron chi connectivity index (χ1n) is 8.40. The van der Waals surface area contributed by atoms with Gasteiger partial charge in [0.05, 0.1) is 12.1 Å². The summed E-state index contributed by atoms with van der Waals surface area (Å²) in [5.74, 6) is 0.625. The summed E-state index contributed by atoms with van der Waals surface area (Å²) in [6.45, 7) is 0.216. The third-order valence-electron chi connectivity index (χ3n) is 4.59. The highest BCUT2D eigenvalue weighted by Crippen LogP contribution is 2.36. The molecule has 6 nitrogen and oxygen atoms in total. The molecule has 1 saturated carbocycles. The van der Waals surface area contributed by atoms with Crippen molar-refractivity contribution >= 4 is 35.8 Å². The van der Waals surface area contributed by atoms with Crippen LogP contribution in [0.25, 0.3) is 0 Å². The second-order valence-electron chi connectivity index (χ2n) is 6.53. The first-order chi connectivity index (χ1) is 11.4. The Balaban J connectivity index is 0.00000312. The maximum absolute atomic E-state index is 11.6. The fourth-order valence-electron chi connectivity index (χ4n) is 2.98. The van der Waals surface area contributed by atoms with Gasteiger partial charge in [0.1, 0.15) is 0 Å². The molecule has 0 radical (unpaired) electrons. The van der Waals surface area contributed by atoms with E-state index in [-0.39, 0.29) is 42.5 Å². The quantitative estimate of drug-likeness (QED) is 0.363. The number of hydrogen-bond acceptors (Lipinski definition) is 3. The first-order valence-corrected chi connectivity index (χ1v) is 8.40. The number of carbonyl (C=O) groups excluding carboxylic acids is 1. The van der Waals surface area contributed by atoms with E-state index < -0.39 is 5.60 Å². The zero-order chi connectivity index (χ0) is 17.6. The van der Waals surface area contributed by atoms with Crippen LogP contribution in [0.15, 0.2) is 35.3 Å². The Morgan fingerprint density at radius 3 is 2.40 bits per heavy atom. The summed E-state index contributed by atoms with van der Waals surface area (Å²) in [5.41, 5.74) is 0.250. The van der Waals surface area contributed by atoms with Crippen LogP contribution in [-0.2, 0) is 10.4 Å². The van der Waals surface area contributed by atoms with Crippen molar-refractivity contribution in [2.75, 3.05) is 27.7 Å². The molecule has 0 spiro atoms. The van der Waals surface area contributed by atoms with Gasteiger partial charge in [0.25, 0.3) is 0 Å². The van der Waals surface area contributed by atoms with E-state index >= 15 is 0 Å². The van der Waals surface area contributed by atoms with Gasteiger partial charge in [-0.25, -0.2) is 0 Å². The normalized spacial score (nSPS) is 23.4. The fraction of sp³-hybridized carbons (Fsp3) is 0.556. The molecular formula is C18H29IN4O2. The lowest BCUT2D eigenvalue weighted by atomic mass is 9.78. The van der Waals surface area contributed by atoms with Crippen LogP contribution in [0.1, 0.15) is 31.2 Å². The molecular weight excluding hydrogens is 431 g/mol. The van der Waals surface area contributed by atoms with Crippen LogP contribution in [0, 0.1) is 0 Å². The molecule has 0 bridgehead atoms. The molecule has 2 rings (SSSR count). The Bertz CT molecular complexity index is 570. The van der Waals surface area contributed by atoms with E-state index in [1.807, 2.05) is 30.3 Å². The van der Waals surface area contributed by atoms with Gasteiger partial charge in [-0.2, -0.15) is 0 Å². The Morgan fingerprint density at radius 2 is 1.88 bits per heavy atom. The number of aliphatic imine (C=N–C) groups is 1. The van der Waals surface area contributed by atoms with Gasteiger partial charge in [0.15, 0.2) is 5.96 Å². The molecule has 1 aliphatic carbocycles. The van der Waals surface area contributed by atoms with Crippen LogP contribution in [0.2, 0.25) is 0 Å². The van der Waals surface area contributed by atoms with Crippen LogP contribution >= 0.6 is 24.0 Å². The van der Waals surface area contributed by atoms with Crippen LogP contribution in [0.5, 0.6) is 0 Å². The number of likely N-dealkylation sites (N-methyl/N-ethyl adjacent to an activating group) is 1. The van der Waals surface area contributed by atoms with Crippen molar-refractivity contribution in [2.24, 2.45) is 4.99 Å². The van der Waals surface area contributed by atoms with Gasteiger partial charge >= 0.3 is 0 Å². The molecule has 25 heavy (non-hydrogen) atoms. The largest absolute Gasteiger partial charge is 0.385 e. The molecule has 0 heterocycles. The van der Waals surface area contributed by atoms with Crippen molar-refractivity contribution in [3.8, 4) is 0 Å². The lowest BCUT2D eigenvalue weighted by Crippen LogP contribution is -2.49. The van der Waals surface area contributed by atoms with Gasteiger partial charge in [-0.3, -0.25) is 9.79 Å². The summed E-state index contributed by atoms with van der Waals surface area (Å²) in [6, 6.07) is 10.1. The van der Waals surface area contributed by atoms with Gasteiger partial charge in [0, 0.05) is 27.2 Å². The summed E-state index contributed by atoms with van der Waals surface area (Å²) in [5, 5.41) is 17.2. The molecule has 1 amide bonds. The summed E-state index contributed by atoms with van der Waals surface area (Å²) >= 11 is 0. The second-order valence-corrected chi connectivity index (χ2v) is 6.53. The summed E-state index contributed by atoms with van der Waals surface area (Å²) in [7, 11) is 5.15. The van der Waals surface area contributed by atoms with Crippen molar-refractivity contribution in [3.05, 3.63) is 35.9 Å². The molecule has 1 aromatic carbocycles. The molecule has 1 fully saturated rings. The van der Waals surface area contributed by atoms with Gasteiger partial charge in [-0.15, -0.1) is 24.0 Å². The molecule has 0 saturated heterocycles. The number of guanidine groups is 1. The molecule has 0 aliphatic heterocycles. The van der Waals surface area contributed by atoms with Gasteiger partial charge < -0.3 is 20.6 Å². The highest BCUT2D eigenvalue weighted by molar-refractivity contribution is 14.0. The number of amides is 1. The average Bonchev–Trinajstić information content (AvgIpc) is 2.60. The highest BCUT2D eigenvalue weighted by atomic mass is 127. The lowest BCUT2D eigenvalue weighted by molar-refractivity contribution is -0.127. The smallest absolute Gasteiger partial charge is 0.241 e. The minimum atomic E-state index is -0.739. The van der Waals surface area contributed by atoms with Crippen LogP contribution in [-0.4, -0.2) is 55.6 Å². The predicted octanol–water partition coefficient (Wildman–Crippen LogP) is 1.69. The minimum Gasteiger partial charge on any atom is -0.385 e. The Kier molecular flexibility index (Phi) is 8.64. The topological polar surface area (TPSA) is 77.0 Å². The number of halogens is 1. The number of nitrogens with zero attached hydrogens (tertiary/aromatic N) is 2. The molecule has 0 unspecified atom stereocenters. The summed E-state index contributed by atoms with van der Waals surface area (Å²) in [6.07, 6.45) is 3.13. The van der Waals surface area contributed by atoms with Crippen LogP contribution < -0.4 is 10.6 Å². The molecule has 140 valence electrons. The Hall–Kier alpha value is -1.35. The number of nitrogens with one attached hydrogen (secondary N) is 2. The molecule has 0 aromatic heterocycles. The number of carbonyl (C=O) groups is 1. The molecule has 7 heteroatoms. The van der Waals surface area contributed by atoms with Crippen molar-refractivity contribution in [3.63, 3.8) is 0 Å². The Morgan fingerprint density at radius 1 is 1.28 bits per heavy atom. The number of aliphatic hydroxyl groups is 1. The maximum atomic E-state index is 11.6. The SMILES string of the molecule is CN=C(NCC(=O)N(C)C)NC1CCC(O)(c2ccccc2)CC1.I. The average molecular weight is 460 g/mol. The van der Waals surface area contributed by atoms with E-state index in [0.29, 0.717) is 18.8 Å².